The molecule has 1 heterocycles. The largest absolute Gasteiger partial charge is 0.514 e. The maximum Gasteiger partial charge on any atom is 0.514 e. The first-order valence-electron chi connectivity index (χ1n) is 48.7. The number of ketones is 3. The maximum atomic E-state index is 14.9. The van der Waals surface area contributed by atoms with Crippen LogP contribution < -0.4 is 58.6 Å². The van der Waals surface area contributed by atoms with Crippen molar-refractivity contribution in [2.75, 3.05) is 65.2 Å². The molecule has 1 saturated carbocycles. The van der Waals surface area contributed by atoms with Crippen molar-refractivity contribution in [1.82, 2.24) is 40.7 Å². The van der Waals surface area contributed by atoms with E-state index in [1.165, 1.54) is 50.4 Å². The molecule has 12 amide bonds. The average molecular weight is 2040 g/mol. The molecule has 2 fully saturated rings. The van der Waals surface area contributed by atoms with Crippen molar-refractivity contribution < 1.29 is 109 Å². The second-order valence-corrected chi connectivity index (χ2v) is 40.2. The summed E-state index contributed by atoms with van der Waals surface area (Å²) in [5.74, 6) is -8.45. The Kier molecular flexibility index (Phi) is 48.2. The van der Waals surface area contributed by atoms with Crippen LogP contribution in [0.1, 0.15) is 208 Å². The van der Waals surface area contributed by atoms with Crippen molar-refractivity contribution in [3.63, 3.8) is 0 Å². The number of sulfonamides is 1. The Morgan fingerprint density at radius 3 is 1.57 bits per heavy atom. The number of likely N-dealkylation sites (tertiary alicyclic amines) is 1. The van der Waals surface area contributed by atoms with Gasteiger partial charge in [-0.15, -0.1) is 0 Å². The van der Waals surface area contributed by atoms with Gasteiger partial charge in [-0.25, -0.2) is 32.4 Å². The molecule has 38 nitrogen and oxygen atoms in total. The number of carbonyl (C=O) groups excluding carboxylic acids is 14. The number of ether oxygens (including phenoxy) is 6. The monoisotopic (exact) mass is 2040 g/mol. The van der Waals surface area contributed by atoms with Crippen LogP contribution in [0.5, 0.6) is 5.75 Å². The lowest BCUT2D eigenvalue weighted by Crippen LogP contribution is -2.55. The lowest BCUT2D eigenvalue weighted by Gasteiger charge is -2.41. The Morgan fingerprint density at radius 2 is 1.08 bits per heavy atom. The normalized spacial score (nSPS) is 15.6. The molecule has 13 atom stereocenters. The lowest BCUT2D eigenvalue weighted by molar-refractivity contribution is -0.384. The Morgan fingerprint density at radius 1 is 0.559 bits per heavy atom. The van der Waals surface area contributed by atoms with Gasteiger partial charge in [0.15, 0.2) is 17.3 Å². The molecule has 6 aromatic carbocycles. The van der Waals surface area contributed by atoms with Crippen LogP contribution in [0.3, 0.4) is 0 Å². The van der Waals surface area contributed by atoms with Gasteiger partial charge in [-0.2, -0.15) is 0 Å². The molecule has 145 heavy (non-hydrogen) atoms. The fourth-order valence-corrected chi connectivity index (χ4v) is 19.3. The number of amides is 12. The molecule has 39 heteroatoms. The van der Waals surface area contributed by atoms with E-state index >= 15 is 0 Å². The van der Waals surface area contributed by atoms with Gasteiger partial charge >= 0.3 is 30.4 Å². The van der Waals surface area contributed by atoms with E-state index in [4.69, 9.17) is 45.6 Å². The molecule has 0 aromatic heterocycles. The third-order valence-corrected chi connectivity index (χ3v) is 28.2. The zero-order valence-electron chi connectivity index (χ0n) is 84.3. The standard InChI is InChI=1S/C63H99N9O14S.C41H43N5O10.2CH4/c1-14-40(8)56(52(84-12)35-53(75)72-31-19-23-49(72)57(85-13)41(9)58(76)68-48(32-42-20-16-15-17-21-42)60(78)69-87(82,83)46-28-29-46)70(10)61(79)47(37(2)3)34-51(74)55(39(6)7)71(11)63(81)86-36-43-24-26-45(27-25-43)67-59(77)44(22-18-30-66-62(65)80)33-50(73)54(64)38(4)5;1-25(2)37(45-40(50)54-24-35-33-11-5-3-9-31(33)32-10-4-6-12-34(32)35)36(47)22-27(8-7-21-43-39(42)49)38(48)44-28-15-13-26(14-16-28)23-55-41(51)56-30-19-17-29(18-20-30)46(52)53;;/h15-17,20-21,24-27,37-41,44,46-49,52,54-57H,14,18-19,22-23,28-36,64H2,1-13H3,(H,67,77)(H,68,76)(H,69,78)(H3,65,66,80);3-6,9-20,25,27,35,37H,7-8,21-24H2,1-2H3,(H,44,48)(H,45,50)(H3,42,43,49);2*1H4/t40-,41+,44+,47-,48-,49-,52+,54-,55-,56-,57+;27-,37+;;/m01../s1. The highest BCUT2D eigenvalue weighted by Gasteiger charge is 2.46. The number of hydrogen-bond donors (Lipinski definition) is 10. The Labute approximate surface area is 851 Å². The van der Waals surface area contributed by atoms with E-state index in [1.54, 1.807) is 124 Å². The summed E-state index contributed by atoms with van der Waals surface area (Å²) in [7, 11) is 2.17. The zero-order chi connectivity index (χ0) is 105. The van der Waals surface area contributed by atoms with Crippen LogP contribution in [0.25, 0.3) is 11.1 Å². The number of urea groups is 2. The molecule has 0 radical (unpaired) electrons. The minimum Gasteiger partial charge on any atom is -0.449 e. The predicted molar refractivity (Wildman–Crippen MR) is 550 cm³/mol. The van der Waals surface area contributed by atoms with Gasteiger partial charge in [0.25, 0.3) is 11.6 Å². The highest BCUT2D eigenvalue weighted by molar-refractivity contribution is 7.91. The Hall–Kier alpha value is -13.3. The molecular weight excluding hydrogens is 1890 g/mol. The number of nitro benzene ring substituents is 1. The topological polar surface area (TPSA) is 544 Å². The van der Waals surface area contributed by atoms with Crippen LogP contribution in [0.2, 0.25) is 0 Å². The summed E-state index contributed by atoms with van der Waals surface area (Å²) < 4.78 is 61.4. The molecule has 13 N–H and O–H groups in total. The molecule has 3 aliphatic rings. The number of methoxy groups -OCH3 is 2. The highest BCUT2D eigenvalue weighted by Crippen LogP contribution is 2.45. The number of anilines is 2. The number of alkyl carbamates (subject to hydrolysis) is 1. The summed E-state index contributed by atoms with van der Waals surface area (Å²) >= 11 is 0. The second kappa shape index (κ2) is 58.0. The van der Waals surface area contributed by atoms with E-state index in [2.05, 4.69) is 36.6 Å². The molecule has 0 bridgehead atoms. The van der Waals surface area contributed by atoms with Crippen molar-refractivity contribution in [2.45, 2.75) is 254 Å². The van der Waals surface area contributed by atoms with E-state index in [0.29, 0.717) is 86.0 Å². The second-order valence-electron chi connectivity index (χ2n) is 38.3. The maximum absolute atomic E-state index is 14.9. The predicted octanol–water partition coefficient (Wildman–Crippen LogP) is 13.8. The van der Waals surface area contributed by atoms with E-state index < -0.39 is 146 Å². The molecule has 0 unspecified atom stereocenters. The number of nitrogens with one attached hydrogen (secondary N) is 7. The quantitative estimate of drug-likeness (QED) is 0.00423. The van der Waals surface area contributed by atoms with Gasteiger partial charge in [-0.1, -0.05) is 201 Å². The summed E-state index contributed by atoms with van der Waals surface area (Å²) in [5.41, 5.74) is 23.3. The summed E-state index contributed by atoms with van der Waals surface area (Å²) in [5, 5.41) is 26.3. The summed E-state index contributed by atoms with van der Waals surface area (Å²) in [6, 6.07) is 36.4. The van der Waals surface area contributed by atoms with Crippen LogP contribution in [-0.2, 0) is 96.5 Å². The molecule has 0 spiro atoms. The minimum absolute atomic E-state index is 0. The average Bonchev–Trinajstić information content (AvgIpc) is 1.61. The van der Waals surface area contributed by atoms with Crippen LogP contribution in [0, 0.1) is 63.4 Å². The molecular formula is C106H150N14O24S. The number of nitro groups is 1. The van der Waals surface area contributed by atoms with Crippen molar-refractivity contribution in [1.29, 1.82) is 0 Å². The number of benzene rings is 6. The Balaban J connectivity index is 0.000000477. The molecule has 9 rings (SSSR count). The first kappa shape index (κ1) is 120. The highest BCUT2D eigenvalue weighted by atomic mass is 32.2. The number of nitrogens with two attached hydrogens (primary N) is 3. The van der Waals surface area contributed by atoms with Crippen LogP contribution in [-0.4, -0.2) is 220 Å². The fraction of sp³-hybridized carbons (Fsp3) is 0.528. The Bertz CT molecular complexity index is 5410. The summed E-state index contributed by atoms with van der Waals surface area (Å²) in [6.45, 7) is 20.7. The van der Waals surface area contributed by atoms with E-state index in [-0.39, 0.29) is 162 Å². The number of non-ortho nitro benzene ring substituents is 1. The molecule has 1 saturated heterocycles. The van der Waals surface area contributed by atoms with E-state index in [1.807, 2.05) is 96.1 Å². The fourth-order valence-electron chi connectivity index (χ4n) is 18.0. The van der Waals surface area contributed by atoms with Crippen molar-refractivity contribution in [3.8, 4) is 16.9 Å². The number of Topliss-reactive ketones (excluding diaryl/α,β-unsaturated/α-hetero) is 3. The van der Waals surface area contributed by atoms with Crippen molar-refractivity contribution in [3.05, 3.63) is 190 Å². The SMILES string of the molecule is C.C.CC(C)[C@H](NC(=O)OCC1c2ccccc2-c2ccccc21)C(=O)C[C@@H](CCCNC(N)=O)C(=O)Nc1ccc(COC(=O)Oc2ccc([N+](=O)[O-])cc2)cc1.CC[C@H](C)[C@@H]([C@@H](CC(=O)N1CCC[C@H]1[C@H](OC)[C@@H](C)C(=O)N[C@@H](Cc1ccccc1)C(=O)NS(=O)(=O)C1CC1)OC)N(C)C(=O)[C@@H](CC(=O)[C@H](C(C)C)N(C)C(=O)OCc1ccc(NC(=O)[C@H](CCCNC(N)=O)CC(=O)[C@@H](N)C(C)C)cc1)C(C)C. The van der Waals surface area contributed by atoms with E-state index in [0.717, 1.165) is 22.3 Å². The molecule has 6 aromatic rings. The number of hydrogen-bond acceptors (Lipinski definition) is 25. The van der Waals surface area contributed by atoms with Gasteiger partial charge in [0, 0.05) is 121 Å². The van der Waals surface area contributed by atoms with Gasteiger partial charge in [0.05, 0.1) is 64.9 Å². The summed E-state index contributed by atoms with van der Waals surface area (Å²) in [6.07, 6.45) is -0.785. The molecule has 794 valence electrons. The van der Waals surface area contributed by atoms with Gasteiger partial charge < -0.3 is 92.2 Å². The third kappa shape index (κ3) is 35.9. The molecule has 2 aliphatic carbocycles. The minimum atomic E-state index is -3.91. The lowest BCUT2D eigenvalue weighted by atomic mass is 9.83. The first-order valence-corrected chi connectivity index (χ1v) is 50.2. The van der Waals surface area contributed by atoms with Gasteiger partial charge in [-0.05, 0) is 156 Å². The van der Waals surface area contributed by atoms with Crippen LogP contribution in [0.15, 0.2) is 152 Å². The van der Waals surface area contributed by atoms with Crippen molar-refractivity contribution >= 4 is 110 Å². The van der Waals surface area contributed by atoms with Crippen molar-refractivity contribution in [2.24, 2.45) is 70.5 Å². The first-order chi connectivity index (χ1) is 67.9. The smallest absolute Gasteiger partial charge is 0.449 e. The van der Waals surface area contributed by atoms with E-state index in [9.17, 15) is 85.7 Å². The number of nitrogens with zero attached hydrogens (tertiary/aromatic N) is 4. The summed E-state index contributed by atoms with van der Waals surface area (Å²) in [4.78, 5) is 201. The van der Waals surface area contributed by atoms with Crippen LogP contribution >= 0.6 is 0 Å². The number of fused-ring (bicyclic) bond motifs is 3. The number of primary amides is 2. The number of carbonyl (C=O) groups is 14. The number of likely N-dealkylation sites (N-methyl/N-ethyl adjacent to an activating group) is 2. The number of rotatable bonds is 53. The zero-order valence-corrected chi connectivity index (χ0v) is 85.1. The van der Waals surface area contributed by atoms with Gasteiger partial charge in [0.2, 0.25) is 39.6 Å². The molecule has 1 aliphatic heterocycles. The van der Waals surface area contributed by atoms with Gasteiger partial charge in [-0.3, -0.25) is 58.0 Å². The van der Waals surface area contributed by atoms with Gasteiger partial charge in [0.1, 0.15) is 31.6 Å². The van der Waals surface area contributed by atoms with Crippen LogP contribution in [0.4, 0.5) is 41.0 Å². The third-order valence-electron chi connectivity index (χ3n) is 26.4.